The molecule has 4 aromatic rings. The summed E-state index contributed by atoms with van der Waals surface area (Å²) < 4.78 is 6.65. The summed E-state index contributed by atoms with van der Waals surface area (Å²) in [5.41, 5.74) is 2.29. The van der Waals surface area contributed by atoms with Crippen LogP contribution in [-0.2, 0) is 9.53 Å². The lowest BCUT2D eigenvalue weighted by Gasteiger charge is -2.35. The molecule has 0 N–H and O–H groups in total. The third-order valence-electron chi connectivity index (χ3n) is 6.39. The van der Waals surface area contributed by atoms with Crippen molar-refractivity contribution >= 4 is 44.2 Å². The van der Waals surface area contributed by atoms with Crippen molar-refractivity contribution in [3.63, 3.8) is 0 Å². The lowest BCUT2D eigenvalue weighted by Crippen LogP contribution is -2.45. The Morgan fingerprint density at radius 1 is 1.06 bits per heavy atom. The Morgan fingerprint density at radius 2 is 1.88 bits per heavy atom. The number of aromatic nitrogens is 1. The lowest BCUT2D eigenvalue weighted by atomic mass is 9.99. The number of rotatable bonds is 5. The second kappa shape index (κ2) is 9.32. The van der Waals surface area contributed by atoms with E-state index >= 15 is 0 Å². The van der Waals surface area contributed by atoms with Crippen LogP contribution in [-0.4, -0.2) is 41.0 Å². The SMILES string of the molecule is CCC1CCCCN1C(=O)COC(=O)c1cccc2cccc(-c3nc4ccccc4s3)c12. The van der Waals surface area contributed by atoms with Gasteiger partial charge in [-0.05, 0) is 49.3 Å². The van der Waals surface area contributed by atoms with Gasteiger partial charge in [-0.15, -0.1) is 11.3 Å². The molecule has 33 heavy (non-hydrogen) atoms. The van der Waals surface area contributed by atoms with Crippen LogP contribution in [0.1, 0.15) is 43.0 Å². The zero-order valence-electron chi connectivity index (χ0n) is 18.6. The largest absolute Gasteiger partial charge is 0.452 e. The van der Waals surface area contributed by atoms with Gasteiger partial charge in [-0.25, -0.2) is 9.78 Å². The maximum atomic E-state index is 13.1. The summed E-state index contributed by atoms with van der Waals surface area (Å²) in [6, 6.07) is 19.8. The van der Waals surface area contributed by atoms with Crippen LogP contribution in [0, 0.1) is 0 Å². The summed E-state index contributed by atoms with van der Waals surface area (Å²) >= 11 is 1.60. The fraction of sp³-hybridized carbons (Fsp3) is 0.296. The van der Waals surface area contributed by atoms with Gasteiger partial charge in [0.2, 0.25) is 0 Å². The topological polar surface area (TPSA) is 59.5 Å². The molecule has 168 valence electrons. The van der Waals surface area contributed by atoms with Crippen molar-refractivity contribution in [3.8, 4) is 10.6 Å². The summed E-state index contributed by atoms with van der Waals surface area (Å²) in [7, 11) is 0. The normalized spacial score (nSPS) is 16.3. The van der Waals surface area contributed by atoms with Gasteiger partial charge in [0.15, 0.2) is 6.61 Å². The number of likely N-dealkylation sites (tertiary alicyclic amines) is 1. The number of amides is 1. The number of carbonyl (C=O) groups excluding carboxylic acids is 2. The van der Waals surface area contributed by atoms with Crippen LogP contribution < -0.4 is 0 Å². The number of para-hydroxylation sites is 1. The number of nitrogens with zero attached hydrogens (tertiary/aromatic N) is 2. The quantitative estimate of drug-likeness (QED) is 0.341. The van der Waals surface area contributed by atoms with Crippen LogP contribution in [0.15, 0.2) is 60.7 Å². The maximum absolute atomic E-state index is 13.1. The third kappa shape index (κ3) is 4.23. The first-order chi connectivity index (χ1) is 16.2. The first-order valence-corrected chi connectivity index (χ1v) is 12.3. The van der Waals surface area contributed by atoms with Gasteiger partial charge < -0.3 is 9.64 Å². The number of fused-ring (bicyclic) bond motifs is 2. The zero-order chi connectivity index (χ0) is 22.8. The van der Waals surface area contributed by atoms with Gasteiger partial charge in [-0.1, -0.05) is 49.4 Å². The van der Waals surface area contributed by atoms with Crippen molar-refractivity contribution in [3.05, 3.63) is 66.2 Å². The van der Waals surface area contributed by atoms with Crippen molar-refractivity contribution in [2.75, 3.05) is 13.2 Å². The molecule has 0 saturated carbocycles. The van der Waals surface area contributed by atoms with Gasteiger partial charge in [-0.3, -0.25) is 4.79 Å². The minimum Gasteiger partial charge on any atom is -0.452 e. The summed E-state index contributed by atoms with van der Waals surface area (Å²) in [5, 5.41) is 2.60. The lowest BCUT2D eigenvalue weighted by molar-refractivity contribution is -0.138. The molecule has 1 unspecified atom stereocenters. The first kappa shape index (κ1) is 21.6. The highest BCUT2D eigenvalue weighted by Gasteiger charge is 2.26. The molecule has 5 rings (SSSR count). The molecule has 1 aliphatic rings. The van der Waals surface area contributed by atoms with Gasteiger partial charge in [0.1, 0.15) is 5.01 Å². The molecule has 1 atom stereocenters. The van der Waals surface area contributed by atoms with Crippen molar-refractivity contribution in [1.82, 2.24) is 9.88 Å². The minimum absolute atomic E-state index is 0.110. The van der Waals surface area contributed by atoms with Crippen LogP contribution >= 0.6 is 11.3 Å². The molecule has 1 aromatic heterocycles. The molecule has 1 amide bonds. The van der Waals surface area contributed by atoms with Crippen molar-refractivity contribution in [1.29, 1.82) is 0 Å². The monoisotopic (exact) mass is 458 g/mol. The summed E-state index contributed by atoms with van der Waals surface area (Å²) in [5.74, 6) is -0.589. The highest BCUT2D eigenvalue weighted by molar-refractivity contribution is 7.21. The molecule has 1 fully saturated rings. The van der Waals surface area contributed by atoms with E-state index in [0.29, 0.717) is 5.56 Å². The fourth-order valence-corrected chi connectivity index (χ4v) is 5.72. The molecular formula is C27H26N2O3S. The average Bonchev–Trinajstić information content (AvgIpc) is 3.30. The molecule has 3 aromatic carbocycles. The van der Waals surface area contributed by atoms with E-state index in [2.05, 4.69) is 6.92 Å². The second-order valence-corrected chi connectivity index (χ2v) is 9.45. The highest BCUT2D eigenvalue weighted by Crippen LogP contribution is 2.36. The van der Waals surface area contributed by atoms with Gasteiger partial charge in [0.05, 0.1) is 15.8 Å². The molecule has 0 bridgehead atoms. The van der Waals surface area contributed by atoms with E-state index in [1.807, 2.05) is 59.5 Å². The minimum atomic E-state index is -0.479. The number of benzene rings is 3. The van der Waals surface area contributed by atoms with E-state index in [-0.39, 0.29) is 18.6 Å². The molecule has 0 spiro atoms. The Labute approximate surface area is 197 Å². The number of esters is 1. The highest BCUT2D eigenvalue weighted by atomic mass is 32.1. The van der Waals surface area contributed by atoms with Gasteiger partial charge in [0, 0.05) is 23.5 Å². The number of piperidine rings is 1. The molecule has 1 saturated heterocycles. The Morgan fingerprint density at radius 3 is 2.70 bits per heavy atom. The van der Waals surface area contributed by atoms with Crippen LogP contribution in [0.5, 0.6) is 0 Å². The second-order valence-electron chi connectivity index (χ2n) is 8.42. The summed E-state index contributed by atoms with van der Waals surface area (Å²) in [4.78, 5) is 32.6. The van der Waals surface area contributed by atoms with E-state index < -0.39 is 5.97 Å². The third-order valence-corrected chi connectivity index (χ3v) is 7.46. The standard InChI is InChI=1S/C27H26N2O3S/c1-2-19-11-5-6-16-29(19)24(30)17-32-27(31)21-13-8-10-18-9-7-12-20(25(18)21)26-28-22-14-3-4-15-23(22)33-26/h3-4,7-10,12-15,19H,2,5-6,11,16-17H2,1H3. The summed E-state index contributed by atoms with van der Waals surface area (Å²) in [6.45, 7) is 2.61. The molecule has 2 heterocycles. The Bertz CT molecular complexity index is 1290. The Balaban J connectivity index is 1.44. The van der Waals surface area contributed by atoms with Gasteiger partial charge in [-0.2, -0.15) is 0 Å². The molecular weight excluding hydrogens is 432 g/mol. The van der Waals surface area contributed by atoms with Crippen LogP contribution in [0.4, 0.5) is 0 Å². The zero-order valence-corrected chi connectivity index (χ0v) is 19.4. The Kier molecular flexibility index (Phi) is 6.09. The molecule has 0 aliphatic carbocycles. The Hall–Kier alpha value is -3.25. The van der Waals surface area contributed by atoms with E-state index in [1.165, 1.54) is 0 Å². The van der Waals surface area contributed by atoms with Crippen molar-refractivity contribution < 1.29 is 14.3 Å². The van der Waals surface area contributed by atoms with Crippen LogP contribution in [0.25, 0.3) is 31.6 Å². The maximum Gasteiger partial charge on any atom is 0.339 e. The summed E-state index contributed by atoms with van der Waals surface area (Å²) in [6.07, 6.45) is 4.09. The predicted octanol–water partition coefficient (Wildman–Crippen LogP) is 6.06. The number of hydrogen-bond acceptors (Lipinski definition) is 5. The molecule has 1 aliphatic heterocycles. The van der Waals surface area contributed by atoms with Crippen molar-refractivity contribution in [2.24, 2.45) is 0 Å². The predicted molar refractivity (Wildman–Crippen MR) is 132 cm³/mol. The average molecular weight is 459 g/mol. The molecule has 0 radical (unpaired) electrons. The van der Waals surface area contributed by atoms with E-state index in [0.717, 1.165) is 63.8 Å². The first-order valence-electron chi connectivity index (χ1n) is 11.5. The van der Waals surface area contributed by atoms with Crippen LogP contribution in [0.3, 0.4) is 0 Å². The fourth-order valence-electron chi connectivity index (χ4n) is 4.72. The molecule has 5 nitrogen and oxygen atoms in total. The van der Waals surface area contributed by atoms with E-state index in [4.69, 9.17) is 9.72 Å². The number of ether oxygens (including phenoxy) is 1. The van der Waals surface area contributed by atoms with Gasteiger partial charge in [0.25, 0.3) is 5.91 Å². The number of thiazole rings is 1. The smallest absolute Gasteiger partial charge is 0.339 e. The van der Waals surface area contributed by atoms with E-state index in [1.54, 1.807) is 17.4 Å². The van der Waals surface area contributed by atoms with Gasteiger partial charge >= 0.3 is 5.97 Å². The number of hydrogen-bond donors (Lipinski definition) is 0. The van der Waals surface area contributed by atoms with E-state index in [9.17, 15) is 9.59 Å². The number of carbonyl (C=O) groups is 2. The molecule has 6 heteroatoms. The van der Waals surface area contributed by atoms with Crippen LogP contribution in [0.2, 0.25) is 0 Å². The van der Waals surface area contributed by atoms with Crippen molar-refractivity contribution in [2.45, 2.75) is 38.6 Å².